The largest absolute Gasteiger partial charge is 0.454 e. The molecular weight excluding hydrogens is 410 g/mol. The van der Waals surface area contributed by atoms with Gasteiger partial charge < -0.3 is 4.42 Å². The number of rotatable bonds is 2. The first-order chi connectivity index (χ1) is 15.5. The van der Waals surface area contributed by atoms with Gasteiger partial charge in [0.2, 0.25) is 0 Å². The fourth-order valence-corrected chi connectivity index (χ4v) is 5.27. The third kappa shape index (κ3) is 3.12. The molecule has 3 heterocycles. The number of hydrogen-bond donors (Lipinski definition) is 0. The van der Waals surface area contributed by atoms with Crippen LogP contribution in [-0.4, -0.2) is 4.98 Å². The average molecular weight is 434 g/mol. The SMILES string of the molecule is CC(C)(C)c1cc(-c2nccc3cc(-c4ccc5sccc5c4)oc23)cc2ccccc12. The van der Waals surface area contributed by atoms with Crippen LogP contribution < -0.4 is 0 Å². The molecule has 6 rings (SSSR count). The minimum absolute atomic E-state index is 0.0216. The van der Waals surface area contributed by atoms with E-state index in [0.29, 0.717) is 0 Å². The van der Waals surface area contributed by atoms with E-state index in [4.69, 9.17) is 9.40 Å². The average Bonchev–Trinajstić information content (AvgIpc) is 3.43. The molecule has 2 nitrogen and oxygen atoms in total. The summed E-state index contributed by atoms with van der Waals surface area (Å²) in [5.41, 5.74) is 5.25. The van der Waals surface area contributed by atoms with Gasteiger partial charge in [-0.25, -0.2) is 0 Å². The van der Waals surface area contributed by atoms with Crippen LogP contribution in [0.25, 0.3) is 54.4 Å². The van der Waals surface area contributed by atoms with Crippen LogP contribution in [0, 0.1) is 0 Å². The molecule has 0 aliphatic heterocycles. The highest BCUT2D eigenvalue weighted by Crippen LogP contribution is 2.38. The van der Waals surface area contributed by atoms with Gasteiger partial charge >= 0.3 is 0 Å². The molecule has 3 aromatic carbocycles. The summed E-state index contributed by atoms with van der Waals surface area (Å²) in [5, 5.41) is 6.96. The first-order valence-electron chi connectivity index (χ1n) is 10.9. The summed E-state index contributed by atoms with van der Waals surface area (Å²) in [7, 11) is 0. The quantitative estimate of drug-likeness (QED) is 0.273. The van der Waals surface area contributed by atoms with Crippen molar-refractivity contribution in [1.29, 1.82) is 0 Å². The molecule has 0 atom stereocenters. The fraction of sp³-hybridized carbons (Fsp3) is 0.138. The Morgan fingerprint density at radius 2 is 1.62 bits per heavy atom. The first kappa shape index (κ1) is 19.3. The van der Waals surface area contributed by atoms with Gasteiger partial charge in [0.05, 0.1) is 0 Å². The minimum Gasteiger partial charge on any atom is -0.454 e. The van der Waals surface area contributed by atoms with E-state index >= 15 is 0 Å². The summed E-state index contributed by atoms with van der Waals surface area (Å²) in [4.78, 5) is 4.76. The zero-order valence-corrected chi connectivity index (χ0v) is 19.2. The number of nitrogens with zero attached hydrogens (tertiary/aromatic N) is 1. The van der Waals surface area contributed by atoms with Gasteiger partial charge in [-0.2, -0.15) is 0 Å². The number of fused-ring (bicyclic) bond motifs is 3. The second kappa shape index (κ2) is 7.04. The van der Waals surface area contributed by atoms with Crippen LogP contribution in [0.5, 0.6) is 0 Å². The Hall–Kier alpha value is -3.43. The molecule has 0 N–H and O–H groups in total. The molecule has 0 aliphatic carbocycles. The van der Waals surface area contributed by atoms with Crippen molar-refractivity contribution < 1.29 is 4.42 Å². The molecule has 0 aliphatic rings. The fourth-order valence-electron chi connectivity index (χ4n) is 4.50. The summed E-state index contributed by atoms with van der Waals surface area (Å²) >= 11 is 1.76. The van der Waals surface area contributed by atoms with Gasteiger partial charge in [-0.05, 0) is 81.0 Å². The highest BCUT2D eigenvalue weighted by atomic mass is 32.1. The summed E-state index contributed by atoms with van der Waals surface area (Å²) in [5.74, 6) is 0.874. The third-order valence-electron chi connectivity index (χ3n) is 6.11. The molecule has 32 heavy (non-hydrogen) atoms. The Labute approximate surface area is 191 Å². The predicted molar refractivity (Wildman–Crippen MR) is 136 cm³/mol. The zero-order valence-electron chi connectivity index (χ0n) is 18.3. The van der Waals surface area contributed by atoms with Crippen molar-refractivity contribution in [2.24, 2.45) is 0 Å². The number of aromatic nitrogens is 1. The van der Waals surface area contributed by atoms with Crippen LogP contribution in [0.3, 0.4) is 0 Å². The maximum Gasteiger partial charge on any atom is 0.161 e. The first-order valence-corrected chi connectivity index (χ1v) is 11.8. The molecule has 0 saturated heterocycles. The van der Waals surface area contributed by atoms with Gasteiger partial charge in [0, 0.05) is 27.4 Å². The van der Waals surface area contributed by atoms with Crippen LogP contribution >= 0.6 is 11.3 Å². The predicted octanol–water partition coefficient (Wildman–Crippen LogP) is 8.83. The molecule has 6 aromatic rings. The molecule has 3 aromatic heterocycles. The Kier molecular flexibility index (Phi) is 4.24. The van der Waals surface area contributed by atoms with E-state index in [0.717, 1.165) is 33.6 Å². The maximum atomic E-state index is 6.44. The van der Waals surface area contributed by atoms with Crippen molar-refractivity contribution in [1.82, 2.24) is 4.98 Å². The van der Waals surface area contributed by atoms with Crippen LogP contribution in [0.2, 0.25) is 0 Å². The molecular formula is C29H23NOS. The van der Waals surface area contributed by atoms with E-state index in [2.05, 4.69) is 92.9 Å². The van der Waals surface area contributed by atoms with Gasteiger partial charge in [0.1, 0.15) is 11.5 Å². The second-order valence-electron chi connectivity index (χ2n) is 9.36. The lowest BCUT2D eigenvalue weighted by molar-refractivity contribution is 0.596. The van der Waals surface area contributed by atoms with Crippen molar-refractivity contribution in [3.05, 3.63) is 89.9 Å². The smallest absolute Gasteiger partial charge is 0.161 e. The van der Waals surface area contributed by atoms with Gasteiger partial charge in [-0.3, -0.25) is 4.98 Å². The van der Waals surface area contributed by atoms with E-state index in [1.165, 1.54) is 26.4 Å². The Morgan fingerprint density at radius 3 is 2.50 bits per heavy atom. The normalized spacial score (nSPS) is 12.2. The highest BCUT2D eigenvalue weighted by molar-refractivity contribution is 7.17. The van der Waals surface area contributed by atoms with Crippen molar-refractivity contribution in [3.8, 4) is 22.6 Å². The van der Waals surface area contributed by atoms with Crippen LogP contribution in [0.15, 0.2) is 88.8 Å². The van der Waals surface area contributed by atoms with Crippen LogP contribution in [0.1, 0.15) is 26.3 Å². The minimum atomic E-state index is 0.0216. The molecule has 156 valence electrons. The van der Waals surface area contributed by atoms with Crippen LogP contribution in [0.4, 0.5) is 0 Å². The van der Waals surface area contributed by atoms with Gasteiger partial charge in [-0.1, -0.05) is 45.0 Å². The molecule has 0 radical (unpaired) electrons. The zero-order chi connectivity index (χ0) is 21.9. The number of pyridine rings is 1. The molecule has 0 amide bonds. The standard InChI is InChI=1S/C29H23NOS/c1-29(2,3)24-16-22(14-18-6-4-5-7-23(18)24)27-28-21(10-12-30-27)17-25(31-28)19-8-9-26-20(15-19)11-13-32-26/h4-17H,1-3H3. The third-order valence-corrected chi connectivity index (χ3v) is 7.01. The topological polar surface area (TPSA) is 26.0 Å². The Balaban J connectivity index is 1.56. The van der Waals surface area contributed by atoms with Crippen LogP contribution in [-0.2, 0) is 5.41 Å². The van der Waals surface area contributed by atoms with E-state index in [1.807, 2.05) is 12.3 Å². The van der Waals surface area contributed by atoms with Gasteiger partial charge in [0.15, 0.2) is 5.58 Å². The van der Waals surface area contributed by atoms with Crippen molar-refractivity contribution in [2.75, 3.05) is 0 Å². The monoisotopic (exact) mass is 433 g/mol. The van der Waals surface area contributed by atoms with Crippen molar-refractivity contribution in [3.63, 3.8) is 0 Å². The van der Waals surface area contributed by atoms with Crippen molar-refractivity contribution in [2.45, 2.75) is 26.2 Å². The van der Waals surface area contributed by atoms with E-state index in [-0.39, 0.29) is 5.41 Å². The summed E-state index contributed by atoms with van der Waals surface area (Å²) < 4.78 is 7.73. The molecule has 0 fully saturated rings. The Morgan fingerprint density at radius 1 is 0.781 bits per heavy atom. The molecule has 0 bridgehead atoms. The highest BCUT2D eigenvalue weighted by Gasteiger charge is 2.20. The molecule has 0 unspecified atom stereocenters. The van der Waals surface area contributed by atoms with Gasteiger partial charge in [0.25, 0.3) is 0 Å². The van der Waals surface area contributed by atoms with Crippen molar-refractivity contribution >= 4 is 43.2 Å². The summed E-state index contributed by atoms with van der Waals surface area (Å²) in [6.07, 6.45) is 1.88. The number of furan rings is 1. The molecule has 0 saturated carbocycles. The number of hydrogen-bond acceptors (Lipinski definition) is 3. The maximum absolute atomic E-state index is 6.44. The number of thiophene rings is 1. The lowest BCUT2D eigenvalue weighted by Crippen LogP contribution is -2.12. The van der Waals surface area contributed by atoms with Gasteiger partial charge in [-0.15, -0.1) is 11.3 Å². The second-order valence-corrected chi connectivity index (χ2v) is 10.3. The number of benzene rings is 3. The summed E-state index contributed by atoms with van der Waals surface area (Å²) in [6, 6.07) is 25.9. The summed E-state index contributed by atoms with van der Waals surface area (Å²) in [6.45, 7) is 6.79. The molecule has 0 spiro atoms. The van der Waals surface area contributed by atoms with E-state index < -0.39 is 0 Å². The lowest BCUT2D eigenvalue weighted by Gasteiger charge is -2.22. The van der Waals surface area contributed by atoms with E-state index in [9.17, 15) is 0 Å². The lowest BCUT2D eigenvalue weighted by atomic mass is 9.82. The Bertz CT molecular complexity index is 1610. The molecule has 3 heteroatoms. The van der Waals surface area contributed by atoms with E-state index in [1.54, 1.807) is 11.3 Å².